The lowest BCUT2D eigenvalue weighted by molar-refractivity contribution is -0.142. The Labute approximate surface area is 177 Å². The average molecular weight is 415 g/mol. The predicted molar refractivity (Wildman–Crippen MR) is 113 cm³/mol. The summed E-state index contributed by atoms with van der Waals surface area (Å²) in [6, 6.07) is 9.92. The van der Waals surface area contributed by atoms with Crippen LogP contribution < -0.4 is 0 Å². The monoisotopic (exact) mass is 414 g/mol. The first-order valence-corrected chi connectivity index (χ1v) is 10.9. The maximum absolute atomic E-state index is 13.3. The summed E-state index contributed by atoms with van der Waals surface area (Å²) in [6.07, 6.45) is 8.18. The van der Waals surface area contributed by atoms with Gasteiger partial charge < -0.3 is 14.2 Å². The Kier molecular flexibility index (Phi) is 8.05. The van der Waals surface area contributed by atoms with E-state index >= 15 is 0 Å². The van der Waals surface area contributed by atoms with Crippen LogP contribution in [0.1, 0.15) is 63.2 Å². The van der Waals surface area contributed by atoms with E-state index in [1.807, 2.05) is 6.07 Å². The molecule has 5 nitrogen and oxygen atoms in total. The molecule has 2 aromatic rings. The second kappa shape index (κ2) is 11.0. The number of carbonyl (C=O) groups excluding carboxylic acids is 2. The lowest BCUT2D eigenvalue weighted by atomic mass is 10.1. The molecule has 6 heteroatoms. The third-order valence-corrected chi connectivity index (χ3v) is 5.42. The molecule has 1 aromatic carbocycles. The average Bonchev–Trinajstić information content (AvgIpc) is 3.45. The summed E-state index contributed by atoms with van der Waals surface area (Å²) >= 11 is 0. The third-order valence-electron chi connectivity index (χ3n) is 5.42. The van der Waals surface area contributed by atoms with Gasteiger partial charge in [-0.1, -0.05) is 38.3 Å². The molecule has 162 valence electrons. The van der Waals surface area contributed by atoms with Crippen molar-refractivity contribution in [2.75, 3.05) is 6.54 Å². The van der Waals surface area contributed by atoms with Gasteiger partial charge in [-0.25, -0.2) is 4.39 Å². The summed E-state index contributed by atoms with van der Waals surface area (Å²) < 4.78 is 18.7. The maximum Gasteiger partial charge on any atom is 0.242 e. The lowest BCUT2D eigenvalue weighted by Gasteiger charge is -2.27. The summed E-state index contributed by atoms with van der Waals surface area (Å²) in [7, 11) is 0. The Bertz CT molecular complexity index is 800. The van der Waals surface area contributed by atoms with E-state index in [0.29, 0.717) is 25.3 Å². The highest BCUT2D eigenvalue weighted by Gasteiger charge is 2.34. The minimum Gasteiger partial charge on any atom is -0.467 e. The molecule has 0 unspecified atom stereocenters. The van der Waals surface area contributed by atoms with Crippen LogP contribution in [0.25, 0.3) is 0 Å². The molecule has 2 amide bonds. The topological polar surface area (TPSA) is 53.8 Å². The van der Waals surface area contributed by atoms with Gasteiger partial charge in [-0.2, -0.15) is 0 Å². The number of amides is 2. The van der Waals surface area contributed by atoms with Crippen LogP contribution in [-0.4, -0.2) is 34.2 Å². The van der Waals surface area contributed by atoms with Crippen molar-refractivity contribution < 1.29 is 18.4 Å². The molecule has 3 rings (SSSR count). The quantitative estimate of drug-likeness (QED) is 0.464. The van der Waals surface area contributed by atoms with Crippen molar-refractivity contribution in [1.82, 2.24) is 9.80 Å². The van der Waals surface area contributed by atoms with Gasteiger partial charge in [0.05, 0.1) is 12.8 Å². The highest BCUT2D eigenvalue weighted by atomic mass is 19.1. The second-order valence-corrected chi connectivity index (χ2v) is 8.02. The number of rotatable bonds is 12. The number of hydrogen-bond acceptors (Lipinski definition) is 3. The minimum atomic E-state index is -0.309. The van der Waals surface area contributed by atoms with Crippen LogP contribution in [-0.2, 0) is 22.7 Å². The molecule has 1 aliphatic rings. The van der Waals surface area contributed by atoms with E-state index in [1.165, 1.54) is 12.1 Å². The molecule has 1 heterocycles. The van der Waals surface area contributed by atoms with Gasteiger partial charge in [0.1, 0.15) is 18.1 Å². The molecule has 0 radical (unpaired) electrons. The molecule has 30 heavy (non-hydrogen) atoms. The van der Waals surface area contributed by atoms with E-state index in [0.717, 1.165) is 44.1 Å². The van der Waals surface area contributed by atoms with Crippen LogP contribution >= 0.6 is 0 Å². The minimum absolute atomic E-state index is 0.0710. The van der Waals surface area contributed by atoms with Crippen molar-refractivity contribution in [3.63, 3.8) is 0 Å². The number of carbonyl (C=O) groups is 2. The highest BCUT2D eigenvalue weighted by molar-refractivity contribution is 5.85. The number of furan rings is 1. The first kappa shape index (κ1) is 22.1. The number of benzene rings is 1. The Morgan fingerprint density at radius 3 is 2.43 bits per heavy atom. The molecular weight excluding hydrogens is 383 g/mol. The van der Waals surface area contributed by atoms with Crippen molar-refractivity contribution >= 4 is 11.8 Å². The summed E-state index contributed by atoms with van der Waals surface area (Å²) in [4.78, 5) is 29.4. The van der Waals surface area contributed by atoms with E-state index < -0.39 is 0 Å². The van der Waals surface area contributed by atoms with Gasteiger partial charge in [0.2, 0.25) is 11.8 Å². The zero-order chi connectivity index (χ0) is 21.3. The van der Waals surface area contributed by atoms with E-state index in [9.17, 15) is 14.0 Å². The Morgan fingerprint density at radius 2 is 1.80 bits per heavy atom. The van der Waals surface area contributed by atoms with Gasteiger partial charge in [0, 0.05) is 19.0 Å². The molecule has 1 aliphatic carbocycles. The van der Waals surface area contributed by atoms with Crippen LogP contribution in [0.5, 0.6) is 0 Å². The Hall–Kier alpha value is -2.63. The Balaban J connectivity index is 1.65. The molecule has 1 aromatic heterocycles. The number of hydrogen-bond donors (Lipinski definition) is 0. The van der Waals surface area contributed by atoms with Crippen molar-refractivity contribution in [3.05, 3.63) is 59.8 Å². The van der Waals surface area contributed by atoms with Crippen LogP contribution in [0.15, 0.2) is 47.1 Å². The highest BCUT2D eigenvalue weighted by Crippen LogP contribution is 2.28. The van der Waals surface area contributed by atoms with E-state index in [-0.39, 0.29) is 30.2 Å². The zero-order valence-corrected chi connectivity index (χ0v) is 17.7. The van der Waals surface area contributed by atoms with Gasteiger partial charge in [0.15, 0.2) is 0 Å². The maximum atomic E-state index is 13.3. The van der Waals surface area contributed by atoms with Gasteiger partial charge in [-0.05, 0) is 49.1 Å². The molecule has 0 N–H and O–H groups in total. The molecule has 0 spiro atoms. The molecule has 0 atom stereocenters. The van der Waals surface area contributed by atoms with Crippen LogP contribution in [0, 0.1) is 5.82 Å². The number of unbranched alkanes of at least 4 members (excludes halogenated alkanes) is 3. The number of nitrogens with zero attached hydrogens (tertiary/aromatic N) is 2. The fourth-order valence-electron chi connectivity index (χ4n) is 3.53. The Morgan fingerprint density at radius 1 is 1.03 bits per heavy atom. The fraction of sp³-hybridized carbons (Fsp3) is 0.500. The van der Waals surface area contributed by atoms with Gasteiger partial charge in [-0.3, -0.25) is 9.59 Å². The molecule has 1 saturated carbocycles. The zero-order valence-electron chi connectivity index (χ0n) is 17.7. The standard InChI is InChI=1S/C24H31FN2O3/c1-2-3-4-5-8-23(28)27(21-13-14-21)18-24(29)26(17-22-7-6-15-30-22)16-19-9-11-20(25)12-10-19/h6-7,9-12,15,21H,2-5,8,13-14,16-18H2,1H3. The van der Waals surface area contributed by atoms with Gasteiger partial charge in [-0.15, -0.1) is 0 Å². The molecule has 0 saturated heterocycles. The fourth-order valence-corrected chi connectivity index (χ4v) is 3.53. The van der Waals surface area contributed by atoms with Crippen LogP contribution in [0.2, 0.25) is 0 Å². The molecular formula is C24H31FN2O3. The van der Waals surface area contributed by atoms with E-state index in [1.54, 1.807) is 34.3 Å². The van der Waals surface area contributed by atoms with Crippen LogP contribution in [0.3, 0.4) is 0 Å². The first-order chi connectivity index (χ1) is 14.6. The smallest absolute Gasteiger partial charge is 0.242 e. The van der Waals surface area contributed by atoms with Crippen molar-refractivity contribution in [2.24, 2.45) is 0 Å². The molecule has 1 fully saturated rings. The van der Waals surface area contributed by atoms with E-state index in [2.05, 4.69) is 6.92 Å². The van der Waals surface area contributed by atoms with Crippen LogP contribution in [0.4, 0.5) is 4.39 Å². The predicted octanol–water partition coefficient (Wildman–Crippen LogP) is 4.91. The van der Waals surface area contributed by atoms with Gasteiger partial charge >= 0.3 is 0 Å². The largest absolute Gasteiger partial charge is 0.467 e. The lowest BCUT2D eigenvalue weighted by Crippen LogP contribution is -2.43. The SMILES string of the molecule is CCCCCCC(=O)N(CC(=O)N(Cc1ccc(F)cc1)Cc1ccco1)C1CC1. The van der Waals surface area contributed by atoms with Gasteiger partial charge in [0.25, 0.3) is 0 Å². The molecule has 0 aliphatic heterocycles. The van der Waals surface area contributed by atoms with Crippen molar-refractivity contribution in [1.29, 1.82) is 0 Å². The summed E-state index contributed by atoms with van der Waals surface area (Å²) in [6.45, 7) is 2.88. The summed E-state index contributed by atoms with van der Waals surface area (Å²) in [5.74, 6) is 0.316. The summed E-state index contributed by atoms with van der Waals surface area (Å²) in [5, 5.41) is 0. The van der Waals surface area contributed by atoms with E-state index in [4.69, 9.17) is 4.42 Å². The normalized spacial score (nSPS) is 13.3. The third kappa shape index (κ3) is 6.71. The van der Waals surface area contributed by atoms with Crippen molar-refractivity contribution in [2.45, 2.75) is 71.0 Å². The molecule has 0 bridgehead atoms. The summed E-state index contributed by atoms with van der Waals surface area (Å²) in [5.41, 5.74) is 0.833. The number of halogens is 1. The second-order valence-electron chi connectivity index (χ2n) is 8.02. The first-order valence-electron chi connectivity index (χ1n) is 10.9. The van der Waals surface area contributed by atoms with Crippen molar-refractivity contribution in [3.8, 4) is 0 Å².